The predicted molar refractivity (Wildman–Crippen MR) is 108 cm³/mol. The van der Waals surface area contributed by atoms with Crippen LogP contribution in [0.2, 0.25) is 0 Å². The summed E-state index contributed by atoms with van der Waals surface area (Å²) in [5.74, 6) is 0.775. The first kappa shape index (κ1) is 18.4. The van der Waals surface area contributed by atoms with Gasteiger partial charge >= 0.3 is 11.1 Å². The molecule has 1 fully saturated rings. The number of nitrogens with zero attached hydrogens (tertiary/aromatic N) is 6. The SMILES string of the molecule is Cn1c(=O)c(=O)n(C2CCN(c3ncc(C#N)cc3Br)CC2)c2ncccc21. The lowest BCUT2D eigenvalue weighted by molar-refractivity contribution is 0.390. The maximum absolute atomic E-state index is 12.7. The summed E-state index contributed by atoms with van der Waals surface area (Å²) in [5.41, 5.74) is 0.593. The molecule has 0 N–H and O–H groups in total. The Balaban J connectivity index is 1.66. The topological polar surface area (TPSA) is 96.8 Å². The second kappa shape index (κ2) is 7.20. The second-order valence-electron chi connectivity index (χ2n) is 6.74. The Labute approximate surface area is 168 Å². The third-order valence-corrected chi connectivity index (χ3v) is 5.73. The minimum atomic E-state index is -0.542. The molecule has 1 aliphatic heterocycles. The van der Waals surface area contributed by atoms with Crippen LogP contribution in [0.4, 0.5) is 5.82 Å². The normalized spacial score (nSPS) is 15.0. The zero-order chi connectivity index (χ0) is 19.8. The molecule has 0 spiro atoms. The van der Waals surface area contributed by atoms with E-state index < -0.39 is 11.1 Å². The highest BCUT2D eigenvalue weighted by atomic mass is 79.9. The number of hydrogen-bond donors (Lipinski definition) is 0. The van der Waals surface area contributed by atoms with Crippen LogP contribution < -0.4 is 16.0 Å². The maximum atomic E-state index is 12.7. The van der Waals surface area contributed by atoms with E-state index in [9.17, 15) is 9.59 Å². The summed E-state index contributed by atoms with van der Waals surface area (Å²) in [4.78, 5) is 36.0. The first-order chi connectivity index (χ1) is 13.5. The minimum Gasteiger partial charge on any atom is -0.356 e. The number of fused-ring (bicyclic) bond motifs is 1. The number of piperidine rings is 1. The fourth-order valence-corrected chi connectivity index (χ4v) is 4.29. The van der Waals surface area contributed by atoms with Gasteiger partial charge in [0.2, 0.25) is 0 Å². The van der Waals surface area contributed by atoms with Gasteiger partial charge in [0.1, 0.15) is 11.9 Å². The van der Waals surface area contributed by atoms with E-state index in [0.29, 0.717) is 42.7 Å². The van der Waals surface area contributed by atoms with Gasteiger partial charge in [-0.15, -0.1) is 0 Å². The minimum absolute atomic E-state index is 0.104. The van der Waals surface area contributed by atoms with Crippen molar-refractivity contribution in [3.05, 3.63) is 61.3 Å². The first-order valence-corrected chi connectivity index (χ1v) is 9.67. The number of aromatic nitrogens is 4. The van der Waals surface area contributed by atoms with Crippen LogP contribution in [-0.2, 0) is 7.05 Å². The van der Waals surface area contributed by atoms with Crippen LogP contribution in [0.25, 0.3) is 11.2 Å². The lowest BCUT2D eigenvalue weighted by atomic mass is 10.0. The molecule has 0 bridgehead atoms. The Morgan fingerprint density at radius 1 is 1.21 bits per heavy atom. The van der Waals surface area contributed by atoms with E-state index in [0.717, 1.165) is 10.3 Å². The third-order valence-electron chi connectivity index (χ3n) is 5.14. The molecule has 3 aromatic heterocycles. The lowest BCUT2D eigenvalue weighted by Crippen LogP contribution is -2.45. The van der Waals surface area contributed by atoms with Gasteiger partial charge < -0.3 is 9.47 Å². The predicted octanol–water partition coefficient (Wildman–Crippen LogP) is 1.97. The largest absolute Gasteiger partial charge is 0.356 e. The van der Waals surface area contributed by atoms with Gasteiger partial charge in [0.15, 0.2) is 5.65 Å². The molecule has 0 aromatic carbocycles. The number of aryl methyl sites for hydroxylation is 1. The van der Waals surface area contributed by atoms with Gasteiger partial charge in [-0.2, -0.15) is 5.26 Å². The van der Waals surface area contributed by atoms with E-state index in [4.69, 9.17) is 5.26 Å². The highest BCUT2D eigenvalue weighted by Crippen LogP contribution is 2.30. The van der Waals surface area contributed by atoms with E-state index in [1.807, 2.05) is 0 Å². The van der Waals surface area contributed by atoms with Crippen molar-refractivity contribution in [2.24, 2.45) is 7.05 Å². The summed E-state index contributed by atoms with van der Waals surface area (Å²) < 4.78 is 3.67. The molecule has 0 radical (unpaired) electrons. The van der Waals surface area contributed by atoms with Crippen LogP contribution in [0.5, 0.6) is 0 Å². The summed E-state index contributed by atoms with van der Waals surface area (Å²) in [6.45, 7) is 1.36. The smallest absolute Gasteiger partial charge is 0.318 e. The Hall–Kier alpha value is -2.99. The van der Waals surface area contributed by atoms with Crippen molar-refractivity contribution >= 4 is 32.9 Å². The molecule has 142 valence electrons. The molecule has 1 saturated heterocycles. The summed E-state index contributed by atoms with van der Waals surface area (Å²) in [6, 6.07) is 7.27. The van der Waals surface area contributed by atoms with E-state index >= 15 is 0 Å². The van der Waals surface area contributed by atoms with E-state index in [2.05, 4.69) is 36.9 Å². The summed E-state index contributed by atoms with van der Waals surface area (Å²) in [5, 5.41) is 8.99. The van der Waals surface area contributed by atoms with Crippen molar-refractivity contribution in [3.8, 4) is 6.07 Å². The van der Waals surface area contributed by atoms with Crippen molar-refractivity contribution in [1.82, 2.24) is 19.1 Å². The second-order valence-corrected chi connectivity index (χ2v) is 7.60. The standard InChI is InChI=1S/C19H17BrN6O2/c1-24-15-3-2-6-22-17(15)26(19(28)18(24)27)13-4-7-25(8-5-13)16-14(20)9-12(10-21)11-23-16/h2-3,6,9,11,13H,4-5,7-8H2,1H3. The van der Waals surface area contributed by atoms with E-state index in [-0.39, 0.29) is 6.04 Å². The summed E-state index contributed by atoms with van der Waals surface area (Å²) >= 11 is 3.48. The molecule has 0 aliphatic carbocycles. The van der Waals surface area contributed by atoms with Crippen molar-refractivity contribution in [3.63, 3.8) is 0 Å². The fourth-order valence-electron chi connectivity index (χ4n) is 3.69. The molecule has 9 heteroatoms. The number of nitriles is 1. The van der Waals surface area contributed by atoms with Gasteiger partial charge in [-0.05, 0) is 47.0 Å². The van der Waals surface area contributed by atoms with Crippen molar-refractivity contribution in [2.75, 3.05) is 18.0 Å². The first-order valence-electron chi connectivity index (χ1n) is 8.88. The Morgan fingerprint density at radius 2 is 1.96 bits per heavy atom. The number of rotatable bonds is 2. The van der Waals surface area contributed by atoms with Crippen molar-refractivity contribution in [1.29, 1.82) is 5.26 Å². The van der Waals surface area contributed by atoms with E-state index in [1.165, 1.54) is 4.57 Å². The van der Waals surface area contributed by atoms with Gasteiger partial charge in [0.05, 0.1) is 15.6 Å². The molecular weight excluding hydrogens is 424 g/mol. The molecule has 4 heterocycles. The fraction of sp³-hybridized carbons (Fsp3) is 0.316. The lowest BCUT2D eigenvalue weighted by Gasteiger charge is -2.34. The number of pyridine rings is 2. The Bertz CT molecular complexity index is 1220. The molecule has 1 aliphatic rings. The van der Waals surface area contributed by atoms with Crippen LogP contribution >= 0.6 is 15.9 Å². The number of hydrogen-bond acceptors (Lipinski definition) is 6. The number of anilines is 1. The quantitative estimate of drug-likeness (QED) is 0.565. The van der Waals surface area contributed by atoms with Crippen molar-refractivity contribution in [2.45, 2.75) is 18.9 Å². The van der Waals surface area contributed by atoms with Crippen LogP contribution in [0.15, 0.2) is 44.7 Å². The molecule has 8 nitrogen and oxygen atoms in total. The average molecular weight is 441 g/mol. The Kier molecular flexibility index (Phi) is 4.73. The molecule has 0 saturated carbocycles. The molecule has 0 atom stereocenters. The van der Waals surface area contributed by atoms with Crippen LogP contribution in [0, 0.1) is 11.3 Å². The van der Waals surface area contributed by atoms with Gasteiger partial charge in [-0.1, -0.05) is 0 Å². The summed E-state index contributed by atoms with van der Waals surface area (Å²) in [6.07, 6.45) is 4.56. The number of halogens is 1. The van der Waals surface area contributed by atoms with Crippen LogP contribution in [0.1, 0.15) is 24.4 Å². The van der Waals surface area contributed by atoms with Gasteiger partial charge in [-0.25, -0.2) is 9.97 Å². The highest BCUT2D eigenvalue weighted by Gasteiger charge is 2.26. The molecular formula is C19H17BrN6O2. The molecule has 28 heavy (non-hydrogen) atoms. The van der Waals surface area contributed by atoms with E-state index in [1.54, 1.807) is 42.2 Å². The highest BCUT2D eigenvalue weighted by molar-refractivity contribution is 9.10. The Morgan fingerprint density at radius 3 is 2.64 bits per heavy atom. The van der Waals surface area contributed by atoms with Crippen LogP contribution in [-0.4, -0.2) is 32.2 Å². The molecule has 3 aromatic rings. The van der Waals surface area contributed by atoms with Gasteiger partial charge in [-0.3, -0.25) is 14.2 Å². The van der Waals surface area contributed by atoms with Gasteiger partial charge in [0, 0.05) is 38.6 Å². The third kappa shape index (κ3) is 2.99. The monoisotopic (exact) mass is 440 g/mol. The van der Waals surface area contributed by atoms with Crippen LogP contribution in [0.3, 0.4) is 0 Å². The molecule has 4 rings (SSSR count). The molecule has 0 amide bonds. The van der Waals surface area contributed by atoms with Gasteiger partial charge in [0.25, 0.3) is 0 Å². The summed E-state index contributed by atoms with van der Waals surface area (Å²) in [7, 11) is 1.59. The average Bonchev–Trinajstić information content (AvgIpc) is 2.73. The zero-order valence-electron chi connectivity index (χ0n) is 15.2. The zero-order valence-corrected chi connectivity index (χ0v) is 16.8. The maximum Gasteiger partial charge on any atom is 0.318 e. The van der Waals surface area contributed by atoms with Crippen molar-refractivity contribution < 1.29 is 0 Å². The molecule has 0 unspecified atom stereocenters.